The Kier molecular flexibility index (Phi) is 5.92. The normalized spacial score (nSPS) is 32.9. The third-order valence-electron chi connectivity index (χ3n) is 5.39. The molecule has 10 heteroatoms. The molecule has 0 aliphatic carbocycles. The van der Waals surface area contributed by atoms with Crippen LogP contribution in [0, 0.1) is 5.92 Å². The van der Waals surface area contributed by atoms with Crippen molar-refractivity contribution in [1.29, 1.82) is 0 Å². The van der Waals surface area contributed by atoms with Gasteiger partial charge < -0.3 is 25.3 Å². The number of likely N-dealkylation sites (tertiary alicyclic amines) is 1. The summed E-state index contributed by atoms with van der Waals surface area (Å²) in [6, 6.07) is 1.54. The first-order chi connectivity index (χ1) is 12.7. The molecule has 0 radical (unpaired) electrons. The van der Waals surface area contributed by atoms with Crippen molar-refractivity contribution in [3.63, 3.8) is 0 Å². The van der Waals surface area contributed by atoms with E-state index in [1.165, 1.54) is 12.3 Å². The molecule has 3 rings (SSSR count). The first-order valence-corrected chi connectivity index (χ1v) is 8.88. The molecule has 0 amide bonds. The maximum absolute atomic E-state index is 13.2. The summed E-state index contributed by atoms with van der Waals surface area (Å²) in [5, 5.41) is 39.2. The highest BCUT2D eigenvalue weighted by atomic mass is 19.4. The van der Waals surface area contributed by atoms with Crippen molar-refractivity contribution >= 4 is 5.82 Å². The highest BCUT2D eigenvalue weighted by Gasteiger charge is 2.43. The summed E-state index contributed by atoms with van der Waals surface area (Å²) in [6.07, 6.45) is -6.30. The van der Waals surface area contributed by atoms with Gasteiger partial charge in [0.05, 0.1) is 24.3 Å². The van der Waals surface area contributed by atoms with Gasteiger partial charge >= 0.3 is 6.18 Å². The predicted octanol–water partition coefficient (Wildman–Crippen LogP) is -0.314. The summed E-state index contributed by atoms with van der Waals surface area (Å²) in [4.78, 5) is 7.20. The number of aliphatic hydroxyl groups excluding tert-OH is 4. The molecule has 2 aliphatic rings. The van der Waals surface area contributed by atoms with Crippen LogP contribution in [0.2, 0.25) is 0 Å². The van der Waals surface area contributed by atoms with Crippen molar-refractivity contribution in [2.24, 2.45) is 5.92 Å². The number of piperidine rings is 1. The Bertz CT molecular complexity index is 648. The number of β-amino-alcohol motifs (C(OH)–C–C–N with tert-alkyl or cyclic N) is 1. The number of hydrogen-bond acceptors (Lipinski definition) is 7. The van der Waals surface area contributed by atoms with E-state index in [4.69, 9.17) is 0 Å². The third-order valence-corrected chi connectivity index (χ3v) is 5.39. The standard InChI is InChI=1S/C17H24F3N3O4/c18-17(19,20)11-2-1-4-21-16(11)22-5-3-10(6-22)7-23-8-13(25)15(27)14(26)12(23)9-24/h1-2,4,10,12-15,24-27H,3,5-9H2/t10-,12?,13?,14?,15?/m0/s1. The van der Waals surface area contributed by atoms with Crippen LogP contribution < -0.4 is 4.90 Å². The minimum Gasteiger partial charge on any atom is -0.395 e. The topological polar surface area (TPSA) is 100 Å². The molecule has 1 aromatic heterocycles. The fourth-order valence-electron chi connectivity index (χ4n) is 3.96. The number of aromatic nitrogens is 1. The molecule has 0 bridgehead atoms. The zero-order chi connectivity index (χ0) is 19.8. The molecule has 1 aromatic rings. The van der Waals surface area contributed by atoms with E-state index in [-0.39, 0.29) is 24.9 Å². The second-order valence-electron chi connectivity index (χ2n) is 7.23. The van der Waals surface area contributed by atoms with Crippen molar-refractivity contribution in [3.8, 4) is 0 Å². The zero-order valence-corrected chi connectivity index (χ0v) is 14.6. The number of rotatable bonds is 4. The molecule has 0 saturated carbocycles. The molecule has 27 heavy (non-hydrogen) atoms. The highest BCUT2D eigenvalue weighted by molar-refractivity contribution is 5.49. The largest absolute Gasteiger partial charge is 0.419 e. The van der Waals surface area contributed by atoms with Gasteiger partial charge in [-0.3, -0.25) is 4.90 Å². The quantitative estimate of drug-likeness (QED) is 0.559. The van der Waals surface area contributed by atoms with Gasteiger partial charge in [0.2, 0.25) is 0 Å². The number of hydrogen-bond donors (Lipinski definition) is 4. The van der Waals surface area contributed by atoms with Gasteiger partial charge in [0, 0.05) is 32.4 Å². The van der Waals surface area contributed by atoms with E-state index in [9.17, 15) is 33.6 Å². The summed E-state index contributed by atoms with van der Waals surface area (Å²) >= 11 is 0. The SMILES string of the molecule is OCC1C(O)C(O)C(O)CN1C[C@H]1CCN(c2ncccc2C(F)(F)F)C1. The monoisotopic (exact) mass is 391 g/mol. The molecule has 2 aliphatic heterocycles. The number of alkyl halides is 3. The van der Waals surface area contributed by atoms with Crippen LogP contribution in [-0.4, -0.2) is 87.4 Å². The molecule has 3 heterocycles. The average molecular weight is 391 g/mol. The van der Waals surface area contributed by atoms with Crippen LogP contribution >= 0.6 is 0 Å². The van der Waals surface area contributed by atoms with Crippen LogP contribution in [0.5, 0.6) is 0 Å². The third kappa shape index (κ3) is 4.19. The molecule has 4 N–H and O–H groups in total. The first-order valence-electron chi connectivity index (χ1n) is 8.88. The molecule has 2 fully saturated rings. The van der Waals surface area contributed by atoms with E-state index < -0.39 is 36.1 Å². The Morgan fingerprint density at radius 1 is 1.15 bits per heavy atom. The molecular formula is C17H24F3N3O4. The Morgan fingerprint density at radius 2 is 1.89 bits per heavy atom. The summed E-state index contributed by atoms with van der Waals surface area (Å²) in [5.41, 5.74) is -0.772. The van der Waals surface area contributed by atoms with Gasteiger partial charge in [0.15, 0.2) is 0 Å². The molecule has 5 atom stereocenters. The van der Waals surface area contributed by atoms with Crippen molar-refractivity contribution in [2.75, 3.05) is 37.7 Å². The van der Waals surface area contributed by atoms with Crippen molar-refractivity contribution in [3.05, 3.63) is 23.9 Å². The van der Waals surface area contributed by atoms with Crippen LogP contribution in [0.15, 0.2) is 18.3 Å². The lowest BCUT2D eigenvalue weighted by molar-refractivity contribution is -0.147. The smallest absolute Gasteiger partial charge is 0.395 e. The van der Waals surface area contributed by atoms with Gasteiger partial charge in [-0.1, -0.05) is 0 Å². The molecular weight excluding hydrogens is 367 g/mol. The van der Waals surface area contributed by atoms with Gasteiger partial charge in [-0.25, -0.2) is 4.98 Å². The lowest BCUT2D eigenvalue weighted by Gasteiger charge is -2.44. The Balaban J connectivity index is 1.69. The molecule has 0 spiro atoms. The summed E-state index contributed by atoms with van der Waals surface area (Å²) in [6.45, 7) is 0.841. The number of nitrogens with zero attached hydrogens (tertiary/aromatic N) is 3. The molecule has 0 aromatic carbocycles. The van der Waals surface area contributed by atoms with Crippen molar-refractivity contribution in [2.45, 2.75) is 37.0 Å². The number of aliphatic hydroxyl groups is 4. The minimum absolute atomic E-state index is 0.0169. The fraction of sp³-hybridized carbons (Fsp3) is 0.706. The van der Waals surface area contributed by atoms with E-state index in [0.717, 1.165) is 6.07 Å². The first kappa shape index (κ1) is 20.3. The van der Waals surface area contributed by atoms with Crippen molar-refractivity contribution in [1.82, 2.24) is 9.88 Å². The number of pyridine rings is 1. The van der Waals surface area contributed by atoms with E-state index in [0.29, 0.717) is 26.1 Å². The lowest BCUT2D eigenvalue weighted by Crippen LogP contribution is -2.63. The van der Waals surface area contributed by atoms with Gasteiger partial charge in [-0.2, -0.15) is 13.2 Å². The Labute approximate surface area is 154 Å². The second kappa shape index (κ2) is 7.88. The predicted molar refractivity (Wildman–Crippen MR) is 90.0 cm³/mol. The van der Waals surface area contributed by atoms with Gasteiger partial charge in [0.1, 0.15) is 18.0 Å². The average Bonchev–Trinajstić information content (AvgIpc) is 3.08. The number of anilines is 1. The van der Waals surface area contributed by atoms with Crippen LogP contribution in [0.1, 0.15) is 12.0 Å². The van der Waals surface area contributed by atoms with Gasteiger partial charge in [-0.15, -0.1) is 0 Å². The maximum Gasteiger partial charge on any atom is 0.419 e. The van der Waals surface area contributed by atoms with Crippen molar-refractivity contribution < 1.29 is 33.6 Å². The lowest BCUT2D eigenvalue weighted by atomic mass is 9.93. The van der Waals surface area contributed by atoms with E-state index >= 15 is 0 Å². The molecule has 152 valence electrons. The van der Waals surface area contributed by atoms with Crippen LogP contribution in [0.3, 0.4) is 0 Å². The highest BCUT2D eigenvalue weighted by Crippen LogP contribution is 2.37. The second-order valence-corrected chi connectivity index (χ2v) is 7.23. The maximum atomic E-state index is 13.2. The van der Waals surface area contributed by atoms with E-state index in [2.05, 4.69) is 4.98 Å². The molecule has 2 saturated heterocycles. The summed E-state index contributed by atoms with van der Waals surface area (Å²) in [5.74, 6) is -0.114. The fourth-order valence-corrected chi connectivity index (χ4v) is 3.96. The minimum atomic E-state index is -4.49. The Hall–Kier alpha value is -1.46. The number of halogens is 3. The van der Waals surface area contributed by atoms with Crippen LogP contribution in [-0.2, 0) is 6.18 Å². The van der Waals surface area contributed by atoms with E-state index in [1.54, 1.807) is 9.80 Å². The van der Waals surface area contributed by atoms with E-state index in [1.807, 2.05) is 0 Å². The van der Waals surface area contributed by atoms with Crippen LogP contribution in [0.25, 0.3) is 0 Å². The summed E-state index contributed by atoms with van der Waals surface area (Å²) in [7, 11) is 0. The summed E-state index contributed by atoms with van der Waals surface area (Å²) < 4.78 is 39.6. The Morgan fingerprint density at radius 3 is 2.56 bits per heavy atom. The zero-order valence-electron chi connectivity index (χ0n) is 14.6. The van der Waals surface area contributed by atoms with Gasteiger partial charge in [0.25, 0.3) is 0 Å². The molecule has 4 unspecified atom stereocenters. The molecule has 7 nitrogen and oxygen atoms in total. The van der Waals surface area contributed by atoms with Gasteiger partial charge in [-0.05, 0) is 24.5 Å². The van der Waals surface area contributed by atoms with Crippen LogP contribution in [0.4, 0.5) is 19.0 Å².